The summed E-state index contributed by atoms with van der Waals surface area (Å²) in [6, 6.07) is 8.92. The molecule has 4 aliphatic heterocycles. The minimum atomic E-state index is -3.08. The first-order valence-corrected chi connectivity index (χ1v) is 19.9. The van der Waals surface area contributed by atoms with Crippen LogP contribution in [-0.4, -0.2) is 113 Å². The maximum atomic E-state index is 10.4. The standard InChI is InChI=1S/C12H16O5.C6H8O5.2C4H9.CH4.Sn/c13-6-8-9(14)10(15)11(16)12(17-8)7-4-2-1-3-5-7;7-3-2-1-10-6(11-2)5(9)4(3)8;2*1-3-4-2;;/h1-5,8-16H,6H2;2-6,8H,1H2;2*1,3-4H2,2H3;1H4;/q;-2;;;;+2/t8-,9-,10+,11-,12?;2-,3?,4+,5?,6-;;;;/m11..../s1. The minimum Gasteiger partial charge on any atom is -0.394 e. The number of ether oxygens (including phenoxy) is 3. The van der Waals surface area contributed by atoms with Crippen LogP contribution in [0.3, 0.4) is 0 Å². The van der Waals surface area contributed by atoms with Gasteiger partial charge in [-0.25, -0.2) is 0 Å². The van der Waals surface area contributed by atoms with Crippen molar-refractivity contribution in [2.24, 2.45) is 0 Å². The van der Waals surface area contributed by atoms with Crippen LogP contribution in [0.15, 0.2) is 30.3 Å². The molecule has 38 heavy (non-hydrogen) atoms. The predicted octanol–water partition coefficient (Wildman–Crippen LogP) is 1.77. The van der Waals surface area contributed by atoms with Crippen LogP contribution in [0, 0.1) is 0 Å². The molecule has 218 valence electrons. The first kappa shape index (κ1) is 32.1. The van der Waals surface area contributed by atoms with E-state index in [0.717, 1.165) is 34.6 Å². The number of aliphatic hydroxyl groups is 5. The van der Waals surface area contributed by atoms with Gasteiger partial charge in [-0.15, -0.1) is 0 Å². The van der Waals surface area contributed by atoms with Crippen molar-refractivity contribution in [3.05, 3.63) is 35.9 Å². The van der Waals surface area contributed by atoms with Crippen molar-refractivity contribution in [2.75, 3.05) is 13.2 Å². The Balaban J connectivity index is 0.000000208. The zero-order valence-corrected chi connectivity index (χ0v) is 24.4. The number of hydrogen-bond acceptors (Lipinski definition) is 10. The fraction of sp³-hybridized carbons (Fsp3) is 0.778. The van der Waals surface area contributed by atoms with Crippen molar-refractivity contribution in [3.8, 4) is 0 Å². The Morgan fingerprint density at radius 3 is 2.05 bits per heavy atom. The molecule has 10 nitrogen and oxygen atoms in total. The van der Waals surface area contributed by atoms with E-state index in [0.29, 0.717) is 12.2 Å². The van der Waals surface area contributed by atoms with Gasteiger partial charge in [0.2, 0.25) is 0 Å². The maximum absolute atomic E-state index is 10.4. The fourth-order valence-electron chi connectivity index (χ4n) is 5.42. The SMILES string of the molecule is C.CCC[CH2][Sn]1([CH2]CCC)[O]C2[C@@H]3OC[C@@H](O3)C([O]1)[C@@H]2O.OC[C@H]1OC(c2ccccc2)[C@H](O)[C@@H](O)[C@@H]1O. The number of benzene rings is 1. The molecule has 0 radical (unpaired) electrons. The van der Waals surface area contributed by atoms with Crippen molar-refractivity contribution in [1.82, 2.24) is 0 Å². The van der Waals surface area contributed by atoms with Crippen LogP contribution >= 0.6 is 0 Å². The first-order valence-electron chi connectivity index (χ1n) is 13.5. The van der Waals surface area contributed by atoms with E-state index in [2.05, 4.69) is 13.8 Å². The molecule has 1 aromatic carbocycles. The second-order valence-corrected chi connectivity index (χ2v) is 19.7. The summed E-state index contributed by atoms with van der Waals surface area (Å²) in [5.41, 5.74) is 0.699. The molecule has 4 saturated heterocycles. The number of unbranched alkanes of at least 4 members (excludes halogenated alkanes) is 2. The van der Waals surface area contributed by atoms with Crippen LogP contribution < -0.4 is 0 Å². The van der Waals surface area contributed by atoms with Gasteiger partial charge in [-0.2, -0.15) is 0 Å². The Bertz CT molecular complexity index is 799. The molecule has 0 aromatic heterocycles. The molecular weight excluding hydrogens is 603 g/mol. The van der Waals surface area contributed by atoms with Gasteiger partial charge in [0.25, 0.3) is 0 Å². The van der Waals surface area contributed by atoms with Crippen LogP contribution in [-0.2, 0) is 20.4 Å². The zero-order chi connectivity index (χ0) is 26.6. The zero-order valence-electron chi connectivity index (χ0n) is 21.6. The molecule has 4 aliphatic rings. The van der Waals surface area contributed by atoms with Crippen LogP contribution in [0.25, 0.3) is 0 Å². The summed E-state index contributed by atoms with van der Waals surface area (Å²) in [5, 5.41) is 48.6. The molecule has 3 unspecified atom stereocenters. The molecular formula is C27H46O10Sn. The topological polar surface area (TPSA) is 147 Å². The Morgan fingerprint density at radius 1 is 0.816 bits per heavy atom. The summed E-state index contributed by atoms with van der Waals surface area (Å²) in [6.07, 6.45) is -2.43. The monoisotopic (exact) mass is 650 g/mol. The van der Waals surface area contributed by atoms with Crippen LogP contribution in [0.2, 0.25) is 8.87 Å². The smallest absolute Gasteiger partial charge is 0.113 e. The molecule has 0 amide bonds. The van der Waals surface area contributed by atoms with Crippen molar-refractivity contribution in [1.29, 1.82) is 0 Å². The van der Waals surface area contributed by atoms with Crippen molar-refractivity contribution in [2.45, 2.75) is 117 Å². The maximum Gasteiger partial charge on any atom is 0.113 e. The first-order chi connectivity index (χ1) is 17.8. The van der Waals surface area contributed by atoms with E-state index in [9.17, 15) is 20.4 Å². The average molecular weight is 649 g/mol. The quantitative estimate of drug-likeness (QED) is 0.264. The third-order valence-corrected chi connectivity index (χ3v) is 18.0. The van der Waals surface area contributed by atoms with Gasteiger partial charge in [0.1, 0.15) is 30.5 Å². The fourth-order valence-corrected chi connectivity index (χ4v) is 17.1. The Labute approximate surface area is 230 Å². The molecule has 4 bridgehead atoms. The van der Waals surface area contributed by atoms with E-state index in [1.807, 2.05) is 6.07 Å². The molecule has 0 spiro atoms. The molecule has 5 N–H and O–H groups in total. The van der Waals surface area contributed by atoms with Crippen LogP contribution in [0.5, 0.6) is 0 Å². The summed E-state index contributed by atoms with van der Waals surface area (Å²) in [5.74, 6) is 0. The van der Waals surface area contributed by atoms with Crippen molar-refractivity contribution >= 4 is 19.2 Å². The normalized spacial score (nSPS) is 39.0. The molecule has 1 aromatic rings. The second-order valence-electron chi connectivity index (χ2n) is 10.3. The van der Waals surface area contributed by atoms with E-state index in [4.69, 9.17) is 25.5 Å². The molecule has 5 rings (SSSR count). The van der Waals surface area contributed by atoms with Gasteiger partial charge in [-0.05, 0) is 5.56 Å². The third-order valence-electron chi connectivity index (χ3n) is 7.59. The average Bonchev–Trinajstić information content (AvgIpc) is 3.39. The number of aliphatic hydroxyl groups excluding tert-OH is 5. The van der Waals surface area contributed by atoms with E-state index >= 15 is 0 Å². The summed E-state index contributed by atoms with van der Waals surface area (Å²) in [7, 11) is 0. The summed E-state index contributed by atoms with van der Waals surface area (Å²) < 4.78 is 31.7. The van der Waals surface area contributed by atoms with Crippen molar-refractivity contribution < 1.29 is 45.9 Å². The van der Waals surface area contributed by atoms with E-state index < -0.39 is 62.4 Å². The largest absolute Gasteiger partial charge is 0.394 e. The van der Waals surface area contributed by atoms with E-state index in [-0.39, 0.29) is 32.0 Å². The molecule has 4 heterocycles. The van der Waals surface area contributed by atoms with Gasteiger partial charge >= 0.3 is 126 Å². The van der Waals surface area contributed by atoms with E-state index in [1.54, 1.807) is 24.3 Å². The number of hydrogen-bond donors (Lipinski definition) is 5. The number of fused-ring (bicyclic) bond motifs is 6. The third kappa shape index (κ3) is 6.91. The van der Waals surface area contributed by atoms with Gasteiger partial charge < -0.3 is 25.2 Å². The van der Waals surface area contributed by atoms with Crippen molar-refractivity contribution in [3.63, 3.8) is 0 Å². The molecule has 10 atom stereocenters. The summed E-state index contributed by atoms with van der Waals surface area (Å²) in [4.78, 5) is 0. The van der Waals surface area contributed by atoms with E-state index in [1.165, 1.54) is 0 Å². The Hall–Kier alpha value is -0.381. The van der Waals surface area contributed by atoms with Gasteiger partial charge in [0.05, 0.1) is 6.61 Å². The van der Waals surface area contributed by atoms with Crippen LogP contribution in [0.4, 0.5) is 0 Å². The van der Waals surface area contributed by atoms with Gasteiger partial charge in [0.15, 0.2) is 0 Å². The predicted molar refractivity (Wildman–Crippen MR) is 141 cm³/mol. The second kappa shape index (κ2) is 14.5. The van der Waals surface area contributed by atoms with Gasteiger partial charge in [-0.1, -0.05) is 37.8 Å². The summed E-state index contributed by atoms with van der Waals surface area (Å²) >= 11 is -3.08. The molecule has 0 saturated carbocycles. The van der Waals surface area contributed by atoms with Crippen LogP contribution in [0.1, 0.15) is 58.6 Å². The molecule has 11 heteroatoms. The molecule has 4 fully saturated rings. The number of rotatable bonds is 8. The minimum absolute atomic E-state index is 0. The Morgan fingerprint density at radius 2 is 1.45 bits per heavy atom. The summed E-state index contributed by atoms with van der Waals surface area (Å²) in [6.45, 7) is 4.52. The van der Waals surface area contributed by atoms with Gasteiger partial charge in [0, 0.05) is 0 Å². The van der Waals surface area contributed by atoms with Gasteiger partial charge in [-0.3, -0.25) is 0 Å². The molecule has 0 aliphatic carbocycles. The Kier molecular flexibility index (Phi) is 12.3.